The Morgan fingerprint density at radius 2 is 2.08 bits per heavy atom. The standard InChI is InChI=1S/C29H34N9O.3H2/c1-3-20-16-31-12-10-22(20)17-34-29(39)21-6-4-8-24(14-21)33-18-27-36-37-28(26-11-13-32-19-35-26)38(27)25-9-5-7-23(15-25)30-2;;;/h4,6,8,10-14,16,19,23,25,30,33H,3,5,7,9,15,17-18H2,1-2H3;3*1H/p+1/t23-,25+;;;/m1.../s1. The van der Waals surface area contributed by atoms with Gasteiger partial charge in [0.1, 0.15) is 18.6 Å². The Morgan fingerprint density at radius 3 is 2.90 bits per heavy atom. The third kappa shape index (κ3) is 6.34. The van der Waals surface area contributed by atoms with Crippen molar-refractivity contribution < 1.29 is 13.6 Å². The minimum atomic E-state index is -0.118. The van der Waals surface area contributed by atoms with Crippen molar-refractivity contribution >= 4 is 30.0 Å². The minimum Gasteiger partial charge on any atom is -0.375 e. The van der Waals surface area contributed by atoms with Crippen molar-refractivity contribution in [2.75, 3.05) is 18.9 Å². The van der Waals surface area contributed by atoms with Crippen LogP contribution in [0.15, 0.2) is 74.5 Å². The van der Waals surface area contributed by atoms with Gasteiger partial charge < -0.3 is 16.0 Å². The lowest BCUT2D eigenvalue weighted by Gasteiger charge is -2.29. The van der Waals surface area contributed by atoms with Crippen molar-refractivity contribution in [2.24, 2.45) is 20.2 Å². The second-order valence-corrected chi connectivity index (χ2v) is 9.83. The molecule has 0 bridgehead atoms. The highest BCUT2D eigenvalue weighted by Gasteiger charge is 2.37. The summed E-state index contributed by atoms with van der Waals surface area (Å²) in [7, 11) is 2.02. The summed E-state index contributed by atoms with van der Waals surface area (Å²) in [5.41, 5.74) is 4.42. The number of rotatable bonds is 9. The summed E-state index contributed by atoms with van der Waals surface area (Å²) in [6, 6.07) is 10.2. The number of hydrogen-bond donors (Lipinski definition) is 3. The number of hydrogen-bond acceptors (Lipinski definition) is 8. The maximum absolute atomic E-state index is 12.9. The first kappa shape index (κ1) is 26.6. The molecule has 0 unspecified atom stereocenters. The summed E-state index contributed by atoms with van der Waals surface area (Å²) in [5.74, 6) is 1.48. The molecule has 1 saturated carbocycles. The van der Waals surface area contributed by atoms with Crippen LogP contribution in [-0.2, 0) is 13.0 Å². The molecule has 0 saturated heterocycles. The van der Waals surface area contributed by atoms with Crippen molar-refractivity contribution in [2.45, 2.75) is 57.7 Å². The lowest BCUT2D eigenvalue weighted by atomic mass is 9.90. The molecule has 39 heavy (non-hydrogen) atoms. The number of aromatic nitrogens is 1. The third-order valence-corrected chi connectivity index (χ3v) is 7.40. The van der Waals surface area contributed by atoms with E-state index in [1.54, 1.807) is 12.4 Å². The SMILES string of the molecule is CCc1cnccc1CNC(=O)c1cccc(NCC2=[N+]([C@H]3CCC[C@@H](NC)C3)/C(=C3/[CH]C=NC=N3)N=N2)c1.[HH].[HH].[HH]. The summed E-state index contributed by atoms with van der Waals surface area (Å²) in [4.78, 5) is 25.6. The second-order valence-electron chi connectivity index (χ2n) is 9.83. The molecule has 2 atom stereocenters. The zero-order valence-electron chi connectivity index (χ0n) is 22.5. The van der Waals surface area contributed by atoms with Gasteiger partial charge in [-0.1, -0.05) is 13.0 Å². The van der Waals surface area contributed by atoms with E-state index in [0.29, 0.717) is 24.7 Å². The Balaban J connectivity index is 0.00000205. The zero-order valence-corrected chi connectivity index (χ0v) is 22.5. The van der Waals surface area contributed by atoms with E-state index < -0.39 is 0 Å². The smallest absolute Gasteiger partial charge is 0.328 e. The molecule has 1 aromatic carbocycles. The summed E-state index contributed by atoms with van der Waals surface area (Å²) in [6.07, 6.45) is 14.0. The van der Waals surface area contributed by atoms with Gasteiger partial charge in [-0.05, 0) is 74.5 Å². The van der Waals surface area contributed by atoms with Crippen molar-refractivity contribution in [1.82, 2.24) is 15.6 Å². The molecule has 3 aliphatic rings. The Bertz CT molecular complexity index is 1370. The van der Waals surface area contributed by atoms with Crippen LogP contribution in [0.4, 0.5) is 5.69 Å². The van der Waals surface area contributed by atoms with Gasteiger partial charge in [0, 0.05) is 46.7 Å². The maximum Gasteiger partial charge on any atom is 0.328 e. The van der Waals surface area contributed by atoms with Crippen LogP contribution < -0.4 is 16.0 Å². The quantitative estimate of drug-likeness (QED) is 0.409. The van der Waals surface area contributed by atoms with Crippen LogP contribution in [0.3, 0.4) is 0 Å². The molecule has 5 rings (SSSR count). The first-order valence-electron chi connectivity index (χ1n) is 13.6. The number of nitrogens with one attached hydrogen (secondary N) is 3. The van der Waals surface area contributed by atoms with Crippen LogP contribution in [0, 0.1) is 6.42 Å². The molecule has 3 N–H and O–H groups in total. The Kier molecular flexibility index (Phi) is 8.62. The van der Waals surface area contributed by atoms with E-state index in [9.17, 15) is 4.79 Å². The predicted octanol–water partition coefficient (Wildman–Crippen LogP) is 4.62. The lowest BCUT2D eigenvalue weighted by molar-refractivity contribution is -0.522. The molecule has 1 radical (unpaired) electrons. The first-order chi connectivity index (χ1) is 19.2. The van der Waals surface area contributed by atoms with Crippen LogP contribution in [0.5, 0.6) is 0 Å². The fourth-order valence-corrected chi connectivity index (χ4v) is 5.26. The largest absolute Gasteiger partial charge is 0.375 e. The first-order valence-corrected chi connectivity index (χ1v) is 13.6. The van der Waals surface area contributed by atoms with Crippen LogP contribution in [0.25, 0.3) is 0 Å². The van der Waals surface area contributed by atoms with Crippen molar-refractivity contribution in [3.63, 3.8) is 0 Å². The average molecular weight is 532 g/mol. The molecule has 1 aromatic heterocycles. The highest BCUT2D eigenvalue weighted by Crippen LogP contribution is 2.29. The number of amidine groups is 1. The fourth-order valence-electron chi connectivity index (χ4n) is 5.26. The molecule has 1 amide bonds. The summed E-state index contributed by atoms with van der Waals surface area (Å²) in [5, 5.41) is 19.0. The van der Waals surface area contributed by atoms with E-state index in [1.807, 2.05) is 50.0 Å². The average Bonchev–Trinajstić information content (AvgIpc) is 3.43. The molecule has 10 heteroatoms. The third-order valence-electron chi connectivity index (χ3n) is 7.40. The number of aliphatic imine (C=N–C) groups is 2. The Hall–Kier alpha value is -4.05. The van der Waals surface area contributed by atoms with E-state index in [-0.39, 0.29) is 16.2 Å². The number of allylic oxidation sites excluding steroid dienone is 1. The molecular weight excluding hydrogens is 490 g/mol. The van der Waals surface area contributed by atoms with Crippen LogP contribution in [-0.4, -0.2) is 59.5 Å². The molecule has 1 aliphatic carbocycles. The highest BCUT2D eigenvalue weighted by atomic mass is 16.1. The number of nitrogens with zero attached hydrogens (tertiary/aromatic N) is 6. The lowest BCUT2D eigenvalue weighted by Crippen LogP contribution is -2.40. The van der Waals surface area contributed by atoms with E-state index >= 15 is 0 Å². The number of aryl methyl sites for hydroxylation is 1. The molecule has 10 nitrogen and oxygen atoms in total. The van der Waals surface area contributed by atoms with Crippen molar-refractivity contribution in [3.05, 3.63) is 77.4 Å². The van der Waals surface area contributed by atoms with E-state index in [1.165, 1.54) is 12.8 Å². The topological polar surface area (TPSA) is 118 Å². The van der Waals surface area contributed by atoms with E-state index in [0.717, 1.165) is 59.9 Å². The second kappa shape index (κ2) is 12.7. The van der Waals surface area contributed by atoms with Crippen molar-refractivity contribution in [3.8, 4) is 0 Å². The van der Waals surface area contributed by atoms with E-state index in [2.05, 4.69) is 52.6 Å². The fraction of sp³-hybridized carbons (Fsp3) is 0.379. The number of anilines is 1. The molecule has 2 aliphatic heterocycles. The van der Waals surface area contributed by atoms with Crippen LogP contribution >= 0.6 is 0 Å². The number of carbonyl (C=O) groups excluding carboxylic acids is 1. The molecule has 2 aromatic rings. The number of amides is 1. The molecule has 1 fully saturated rings. The van der Waals surface area contributed by atoms with Gasteiger partial charge in [0.25, 0.3) is 5.91 Å². The monoisotopic (exact) mass is 531 g/mol. The van der Waals surface area contributed by atoms with Gasteiger partial charge in [-0.25, -0.2) is 14.6 Å². The van der Waals surface area contributed by atoms with E-state index in [4.69, 9.17) is 0 Å². The maximum atomic E-state index is 12.9. The molecule has 3 heterocycles. The molecule has 0 spiro atoms. The number of pyridine rings is 1. The van der Waals surface area contributed by atoms with Gasteiger partial charge in [-0.15, -0.1) is 0 Å². The Morgan fingerprint density at radius 1 is 1.15 bits per heavy atom. The zero-order chi connectivity index (χ0) is 27.0. The van der Waals surface area contributed by atoms with Crippen molar-refractivity contribution in [1.29, 1.82) is 0 Å². The van der Waals surface area contributed by atoms with Gasteiger partial charge in [0.05, 0.1) is 22.7 Å². The molecule has 207 valence electrons. The highest BCUT2D eigenvalue weighted by molar-refractivity contribution is 5.95. The minimum absolute atomic E-state index is 0. The summed E-state index contributed by atoms with van der Waals surface area (Å²) < 4.78 is 2.23. The molecular formula is C29H41N9O+. The predicted molar refractivity (Wildman–Crippen MR) is 160 cm³/mol. The van der Waals surface area contributed by atoms with Crippen LogP contribution in [0.1, 0.15) is 58.4 Å². The van der Waals surface area contributed by atoms with Gasteiger partial charge in [-0.2, -0.15) is 0 Å². The normalized spacial score (nSPS) is 22.4. The summed E-state index contributed by atoms with van der Waals surface area (Å²) in [6.45, 7) is 3.02. The number of azo groups is 1. The van der Waals surface area contributed by atoms with Gasteiger partial charge >= 0.3 is 11.7 Å². The Labute approximate surface area is 233 Å². The van der Waals surface area contributed by atoms with Gasteiger partial charge in [0.15, 0.2) is 0 Å². The number of benzene rings is 1. The van der Waals surface area contributed by atoms with Gasteiger partial charge in [-0.3, -0.25) is 9.78 Å². The summed E-state index contributed by atoms with van der Waals surface area (Å²) >= 11 is 0. The number of carbonyl (C=O) groups is 1. The van der Waals surface area contributed by atoms with Gasteiger partial charge in [0.2, 0.25) is 0 Å². The van der Waals surface area contributed by atoms with Crippen LogP contribution in [0.2, 0.25) is 0 Å².